The van der Waals surface area contributed by atoms with E-state index in [1.807, 2.05) is 20.8 Å². The van der Waals surface area contributed by atoms with Crippen LogP contribution < -0.4 is 4.74 Å². The second-order valence-corrected chi connectivity index (χ2v) is 5.17. The molecule has 0 aliphatic heterocycles. The molecule has 0 atom stereocenters. The van der Waals surface area contributed by atoms with E-state index in [0.717, 1.165) is 12.2 Å². The fraction of sp³-hybridized carbons (Fsp3) is 0.500. The minimum Gasteiger partial charge on any atom is -0.494 e. The Labute approximate surface area is 126 Å². The Balaban J connectivity index is 2.35. The Morgan fingerprint density at radius 3 is 2.48 bits per heavy atom. The summed E-state index contributed by atoms with van der Waals surface area (Å²) in [6.45, 7) is 7.90. The number of rotatable bonds is 9. The van der Waals surface area contributed by atoms with Crippen LogP contribution >= 0.6 is 0 Å². The van der Waals surface area contributed by atoms with Crippen LogP contribution in [-0.2, 0) is 14.5 Å². The quantitative estimate of drug-likeness (QED) is 0.396. The van der Waals surface area contributed by atoms with E-state index in [1.165, 1.54) is 6.61 Å². The lowest BCUT2D eigenvalue weighted by molar-refractivity contribution is -0.218. The summed E-state index contributed by atoms with van der Waals surface area (Å²) in [7, 11) is 1.61. The van der Waals surface area contributed by atoms with Gasteiger partial charge >= 0.3 is 5.97 Å². The molecule has 5 nitrogen and oxygen atoms in total. The molecular weight excluding hydrogens is 272 g/mol. The first-order chi connectivity index (χ1) is 9.98. The van der Waals surface area contributed by atoms with Crippen molar-refractivity contribution in [2.75, 3.05) is 13.7 Å². The average Bonchev–Trinajstić information content (AvgIpc) is 2.50. The van der Waals surface area contributed by atoms with E-state index in [2.05, 4.69) is 0 Å². The molecule has 1 aromatic rings. The van der Waals surface area contributed by atoms with Gasteiger partial charge < -0.3 is 9.47 Å². The molecule has 0 heterocycles. The molecule has 21 heavy (non-hydrogen) atoms. The molecule has 1 aromatic carbocycles. The van der Waals surface area contributed by atoms with Gasteiger partial charge in [-0.05, 0) is 44.5 Å². The minimum atomic E-state index is -0.552. The van der Waals surface area contributed by atoms with Crippen molar-refractivity contribution in [2.24, 2.45) is 0 Å². The van der Waals surface area contributed by atoms with Gasteiger partial charge in [0.15, 0.2) is 0 Å². The highest BCUT2D eigenvalue weighted by Gasteiger charge is 2.17. The standard InChI is InChI=1S/C16H23O5/c1-5-11-19-14-8-6-13(7-9-14)15(17)21-20-12-10-16(2,3)18-4/h6-9,12H,5,10-11H2,1-4H3. The summed E-state index contributed by atoms with van der Waals surface area (Å²) in [5, 5.41) is 0. The molecule has 0 aliphatic rings. The molecule has 0 bridgehead atoms. The van der Waals surface area contributed by atoms with Gasteiger partial charge in [0, 0.05) is 13.5 Å². The summed E-state index contributed by atoms with van der Waals surface area (Å²) in [6.07, 6.45) is 1.44. The third-order valence-electron chi connectivity index (χ3n) is 2.88. The van der Waals surface area contributed by atoms with Crippen LogP contribution in [0.5, 0.6) is 5.75 Å². The molecule has 0 amide bonds. The molecule has 0 fully saturated rings. The van der Waals surface area contributed by atoms with Crippen molar-refractivity contribution >= 4 is 5.97 Å². The Hall–Kier alpha value is -1.59. The highest BCUT2D eigenvalue weighted by molar-refractivity contribution is 5.89. The van der Waals surface area contributed by atoms with Gasteiger partial charge in [0.2, 0.25) is 0 Å². The van der Waals surface area contributed by atoms with Crippen molar-refractivity contribution in [3.05, 3.63) is 36.4 Å². The Morgan fingerprint density at radius 2 is 1.90 bits per heavy atom. The van der Waals surface area contributed by atoms with Gasteiger partial charge in [0.05, 0.1) is 17.8 Å². The van der Waals surface area contributed by atoms with E-state index >= 15 is 0 Å². The Bertz CT molecular complexity index is 425. The zero-order valence-electron chi connectivity index (χ0n) is 13.0. The van der Waals surface area contributed by atoms with Gasteiger partial charge in [-0.2, -0.15) is 4.89 Å². The first kappa shape index (κ1) is 17.5. The summed E-state index contributed by atoms with van der Waals surface area (Å²) in [5.41, 5.74) is 0.0447. The average molecular weight is 295 g/mol. The molecular formula is C16H23O5. The highest BCUT2D eigenvalue weighted by Crippen LogP contribution is 2.16. The van der Waals surface area contributed by atoms with E-state index in [4.69, 9.17) is 19.2 Å². The number of benzene rings is 1. The molecule has 0 spiro atoms. The summed E-state index contributed by atoms with van der Waals surface area (Å²) < 4.78 is 10.6. The first-order valence-corrected chi connectivity index (χ1v) is 6.96. The maximum atomic E-state index is 11.7. The molecule has 117 valence electrons. The van der Waals surface area contributed by atoms with Gasteiger partial charge in [-0.25, -0.2) is 4.79 Å². The lowest BCUT2D eigenvalue weighted by atomic mass is 10.1. The molecule has 1 rings (SSSR count). The van der Waals surface area contributed by atoms with Gasteiger partial charge in [-0.1, -0.05) is 6.92 Å². The summed E-state index contributed by atoms with van der Waals surface area (Å²) >= 11 is 0. The minimum absolute atomic E-state index is 0.356. The van der Waals surface area contributed by atoms with Crippen molar-refractivity contribution in [3.8, 4) is 5.75 Å². The van der Waals surface area contributed by atoms with E-state index in [-0.39, 0.29) is 5.60 Å². The van der Waals surface area contributed by atoms with Crippen LogP contribution in [0.2, 0.25) is 0 Å². The second kappa shape index (κ2) is 8.64. The van der Waals surface area contributed by atoms with E-state index < -0.39 is 5.97 Å². The fourth-order valence-corrected chi connectivity index (χ4v) is 1.35. The zero-order chi connectivity index (χ0) is 15.7. The van der Waals surface area contributed by atoms with E-state index in [1.54, 1.807) is 31.4 Å². The predicted molar refractivity (Wildman–Crippen MR) is 78.7 cm³/mol. The van der Waals surface area contributed by atoms with Gasteiger partial charge in [0.25, 0.3) is 0 Å². The third kappa shape index (κ3) is 6.60. The maximum absolute atomic E-state index is 11.7. The molecule has 5 heteroatoms. The molecule has 0 saturated carbocycles. The van der Waals surface area contributed by atoms with Crippen LogP contribution in [0.15, 0.2) is 24.3 Å². The van der Waals surface area contributed by atoms with Gasteiger partial charge in [0.1, 0.15) is 12.4 Å². The topological polar surface area (TPSA) is 54.0 Å². The number of methoxy groups -OCH3 is 1. The highest BCUT2D eigenvalue weighted by atomic mass is 17.2. The molecule has 0 N–H and O–H groups in total. The van der Waals surface area contributed by atoms with Crippen molar-refractivity contribution < 1.29 is 24.0 Å². The van der Waals surface area contributed by atoms with Crippen LogP contribution in [-0.4, -0.2) is 25.3 Å². The molecule has 0 aromatic heterocycles. The summed E-state index contributed by atoms with van der Waals surface area (Å²) in [4.78, 5) is 21.2. The number of hydrogen-bond acceptors (Lipinski definition) is 5. The Morgan fingerprint density at radius 1 is 1.24 bits per heavy atom. The van der Waals surface area contributed by atoms with E-state index in [0.29, 0.717) is 18.6 Å². The van der Waals surface area contributed by atoms with Crippen LogP contribution in [0.4, 0.5) is 0 Å². The second-order valence-electron chi connectivity index (χ2n) is 5.17. The molecule has 0 aliphatic carbocycles. The van der Waals surface area contributed by atoms with Gasteiger partial charge in [-0.15, -0.1) is 0 Å². The van der Waals surface area contributed by atoms with Crippen LogP contribution in [0.3, 0.4) is 0 Å². The zero-order valence-corrected chi connectivity index (χ0v) is 13.0. The lowest BCUT2D eigenvalue weighted by Gasteiger charge is -2.21. The number of carbonyl (C=O) groups excluding carboxylic acids is 1. The number of ether oxygens (including phenoxy) is 2. The SMILES string of the molecule is CCCOc1ccc(C(=O)OO[CH]CC(C)(C)OC)cc1. The molecule has 0 saturated heterocycles. The predicted octanol–water partition coefficient (Wildman–Crippen LogP) is 3.54. The van der Waals surface area contributed by atoms with Gasteiger partial charge in [-0.3, -0.25) is 4.89 Å². The van der Waals surface area contributed by atoms with E-state index in [9.17, 15) is 4.79 Å². The third-order valence-corrected chi connectivity index (χ3v) is 2.88. The Kier molecular flexibility index (Phi) is 7.19. The van der Waals surface area contributed by atoms with Crippen molar-refractivity contribution in [1.29, 1.82) is 0 Å². The van der Waals surface area contributed by atoms with Crippen molar-refractivity contribution in [1.82, 2.24) is 0 Å². The van der Waals surface area contributed by atoms with Crippen molar-refractivity contribution in [3.63, 3.8) is 0 Å². The first-order valence-electron chi connectivity index (χ1n) is 6.96. The van der Waals surface area contributed by atoms with Crippen molar-refractivity contribution in [2.45, 2.75) is 39.2 Å². The van der Waals surface area contributed by atoms with Crippen LogP contribution in [0.25, 0.3) is 0 Å². The number of carbonyl (C=O) groups is 1. The largest absolute Gasteiger partial charge is 0.494 e. The maximum Gasteiger partial charge on any atom is 0.373 e. The monoisotopic (exact) mass is 295 g/mol. The normalized spacial score (nSPS) is 11.2. The lowest BCUT2D eigenvalue weighted by Crippen LogP contribution is -2.22. The summed E-state index contributed by atoms with van der Waals surface area (Å²) in [6, 6.07) is 6.72. The molecule has 1 radical (unpaired) electrons. The fourth-order valence-electron chi connectivity index (χ4n) is 1.35. The van der Waals surface area contributed by atoms with Crippen LogP contribution in [0, 0.1) is 6.61 Å². The smallest absolute Gasteiger partial charge is 0.373 e. The van der Waals surface area contributed by atoms with Crippen LogP contribution in [0.1, 0.15) is 44.0 Å². The molecule has 0 unspecified atom stereocenters. The summed E-state index contributed by atoms with van der Waals surface area (Å²) in [5.74, 6) is 0.172. The number of hydrogen-bond donors (Lipinski definition) is 0.